The molecule has 0 aliphatic carbocycles. The Kier molecular flexibility index (Phi) is 8.02. The third-order valence-electron chi connectivity index (χ3n) is 3.90. The van der Waals surface area contributed by atoms with Crippen LogP contribution >= 0.6 is 23.1 Å². The van der Waals surface area contributed by atoms with Gasteiger partial charge in [-0.2, -0.15) is 0 Å². The molecule has 1 aromatic heterocycles. The fourth-order valence-electron chi connectivity index (χ4n) is 2.43. The Morgan fingerprint density at radius 3 is 2.58 bits per heavy atom. The summed E-state index contributed by atoms with van der Waals surface area (Å²) in [4.78, 5) is 41.2. The summed E-state index contributed by atoms with van der Waals surface area (Å²) in [6.45, 7) is -0.583. The first-order valence-corrected chi connectivity index (χ1v) is 11.0. The largest absolute Gasteiger partial charge is 0.497 e. The zero-order valence-electron chi connectivity index (χ0n) is 16.5. The number of urea groups is 1. The van der Waals surface area contributed by atoms with Gasteiger partial charge in [0.05, 0.1) is 23.9 Å². The summed E-state index contributed by atoms with van der Waals surface area (Å²) in [5, 5.41) is 6.56. The molecule has 2 aromatic carbocycles. The molecule has 31 heavy (non-hydrogen) atoms. The highest BCUT2D eigenvalue weighted by Gasteiger charge is 2.16. The fourth-order valence-corrected chi connectivity index (χ4v) is 4.04. The molecular formula is C21H19N3O5S2. The molecule has 0 saturated heterocycles. The van der Waals surface area contributed by atoms with Crippen molar-refractivity contribution in [2.24, 2.45) is 0 Å². The van der Waals surface area contributed by atoms with Crippen molar-refractivity contribution in [3.63, 3.8) is 0 Å². The van der Waals surface area contributed by atoms with Crippen LogP contribution in [0.3, 0.4) is 0 Å². The van der Waals surface area contributed by atoms with E-state index in [0.717, 1.165) is 10.6 Å². The predicted octanol–water partition coefficient (Wildman–Crippen LogP) is 3.95. The number of esters is 1. The van der Waals surface area contributed by atoms with Crippen molar-refractivity contribution in [3.8, 4) is 5.75 Å². The van der Waals surface area contributed by atoms with Crippen molar-refractivity contribution in [3.05, 3.63) is 70.7 Å². The van der Waals surface area contributed by atoms with E-state index >= 15 is 0 Å². The van der Waals surface area contributed by atoms with Crippen LogP contribution in [0.2, 0.25) is 0 Å². The van der Waals surface area contributed by atoms with Gasteiger partial charge in [-0.3, -0.25) is 10.1 Å². The number of methoxy groups -OCH3 is 1. The fraction of sp³-hybridized carbons (Fsp3) is 0.143. The first kappa shape index (κ1) is 22.3. The molecule has 0 atom stereocenters. The van der Waals surface area contributed by atoms with Gasteiger partial charge in [-0.25, -0.2) is 14.6 Å². The highest BCUT2D eigenvalue weighted by molar-refractivity contribution is 7.98. The van der Waals surface area contributed by atoms with Gasteiger partial charge in [-0.15, -0.1) is 23.1 Å². The quantitative estimate of drug-likeness (QED) is 0.390. The molecule has 3 aromatic rings. The van der Waals surface area contributed by atoms with Crippen LogP contribution in [0, 0.1) is 0 Å². The zero-order chi connectivity index (χ0) is 22.1. The van der Waals surface area contributed by atoms with Gasteiger partial charge in [-0.05, 0) is 36.4 Å². The number of aromatic nitrogens is 1. The Morgan fingerprint density at radius 2 is 1.87 bits per heavy atom. The van der Waals surface area contributed by atoms with Gasteiger partial charge in [0.1, 0.15) is 5.75 Å². The van der Waals surface area contributed by atoms with Crippen LogP contribution in [0.5, 0.6) is 5.75 Å². The van der Waals surface area contributed by atoms with E-state index in [0.29, 0.717) is 22.8 Å². The maximum absolute atomic E-state index is 12.4. The van der Waals surface area contributed by atoms with Crippen LogP contribution in [0.1, 0.15) is 16.1 Å². The highest BCUT2D eigenvalue weighted by atomic mass is 32.2. The highest BCUT2D eigenvalue weighted by Crippen LogP contribution is 2.26. The zero-order valence-corrected chi connectivity index (χ0v) is 18.1. The Labute approximate surface area is 187 Å². The van der Waals surface area contributed by atoms with Gasteiger partial charge in [0.2, 0.25) is 0 Å². The maximum atomic E-state index is 12.4. The van der Waals surface area contributed by atoms with E-state index in [1.807, 2.05) is 11.4 Å². The number of nitrogens with one attached hydrogen (secondary N) is 2. The number of ether oxygens (including phenoxy) is 2. The Morgan fingerprint density at radius 1 is 1.10 bits per heavy atom. The lowest BCUT2D eigenvalue weighted by molar-refractivity contribution is -0.123. The number of carbonyl (C=O) groups excluding carboxylic acids is 3. The molecule has 0 aliphatic rings. The summed E-state index contributed by atoms with van der Waals surface area (Å²) < 4.78 is 10.1. The molecule has 10 heteroatoms. The first-order chi connectivity index (χ1) is 15.0. The lowest BCUT2D eigenvalue weighted by Gasteiger charge is -2.10. The lowest BCUT2D eigenvalue weighted by Crippen LogP contribution is -2.37. The van der Waals surface area contributed by atoms with E-state index in [1.165, 1.54) is 30.2 Å². The number of carbonyl (C=O) groups is 3. The van der Waals surface area contributed by atoms with Crippen LogP contribution < -0.4 is 15.4 Å². The summed E-state index contributed by atoms with van der Waals surface area (Å²) in [7, 11) is 1.53. The van der Waals surface area contributed by atoms with Gasteiger partial charge in [-0.1, -0.05) is 12.1 Å². The van der Waals surface area contributed by atoms with E-state index in [4.69, 9.17) is 9.47 Å². The molecule has 1 heterocycles. The van der Waals surface area contributed by atoms with Crippen LogP contribution in [0.15, 0.2) is 64.3 Å². The lowest BCUT2D eigenvalue weighted by atomic mass is 10.2. The van der Waals surface area contributed by atoms with Gasteiger partial charge in [0.15, 0.2) is 6.61 Å². The summed E-state index contributed by atoms with van der Waals surface area (Å²) >= 11 is 2.96. The minimum Gasteiger partial charge on any atom is -0.497 e. The minimum atomic E-state index is -0.744. The Hall–Kier alpha value is -3.37. The smallest absolute Gasteiger partial charge is 0.339 e. The SMILES string of the molecule is COc1ccc(NC(=O)NC(=O)COC(=O)c2ccccc2SCc2cscn2)cc1. The van der Waals surface area contributed by atoms with E-state index in [1.54, 1.807) is 48.0 Å². The maximum Gasteiger partial charge on any atom is 0.339 e. The number of nitrogens with zero attached hydrogens (tertiary/aromatic N) is 1. The number of benzene rings is 2. The molecule has 160 valence electrons. The van der Waals surface area contributed by atoms with Crippen molar-refractivity contribution in [1.82, 2.24) is 10.3 Å². The first-order valence-electron chi connectivity index (χ1n) is 9.06. The number of thioether (sulfide) groups is 1. The second-order valence-corrected chi connectivity index (χ2v) is 7.81. The Bertz CT molecular complexity index is 1040. The molecule has 0 fully saturated rings. The van der Waals surface area contributed by atoms with Crippen LogP contribution in [0.4, 0.5) is 10.5 Å². The average Bonchev–Trinajstić information content (AvgIpc) is 3.30. The van der Waals surface area contributed by atoms with Crippen molar-refractivity contribution in [1.29, 1.82) is 0 Å². The van der Waals surface area contributed by atoms with E-state index in [9.17, 15) is 14.4 Å². The Balaban J connectivity index is 1.48. The molecule has 8 nitrogen and oxygen atoms in total. The van der Waals surface area contributed by atoms with E-state index in [-0.39, 0.29) is 0 Å². The number of thiazole rings is 1. The van der Waals surface area contributed by atoms with E-state index < -0.39 is 24.5 Å². The third kappa shape index (κ3) is 6.83. The molecule has 0 aliphatic heterocycles. The summed E-state index contributed by atoms with van der Waals surface area (Å²) in [6, 6.07) is 12.8. The van der Waals surface area contributed by atoms with Crippen molar-refractivity contribution in [2.75, 3.05) is 19.0 Å². The predicted molar refractivity (Wildman–Crippen MR) is 119 cm³/mol. The summed E-state index contributed by atoms with van der Waals surface area (Å²) in [5.41, 5.74) is 3.49. The van der Waals surface area contributed by atoms with Gasteiger partial charge in [0.25, 0.3) is 5.91 Å². The average molecular weight is 458 g/mol. The number of amides is 3. The van der Waals surface area contributed by atoms with Gasteiger partial charge >= 0.3 is 12.0 Å². The van der Waals surface area contributed by atoms with E-state index in [2.05, 4.69) is 15.6 Å². The topological polar surface area (TPSA) is 107 Å². The molecular weight excluding hydrogens is 438 g/mol. The number of imide groups is 1. The van der Waals surface area contributed by atoms with Crippen LogP contribution in [-0.2, 0) is 15.3 Å². The normalized spacial score (nSPS) is 10.2. The monoisotopic (exact) mass is 457 g/mol. The second-order valence-electron chi connectivity index (χ2n) is 6.07. The molecule has 2 N–H and O–H groups in total. The summed E-state index contributed by atoms with van der Waals surface area (Å²) in [5.74, 6) is -0.141. The second kappa shape index (κ2) is 11.1. The van der Waals surface area contributed by atoms with Crippen molar-refractivity contribution in [2.45, 2.75) is 10.6 Å². The molecule has 0 bridgehead atoms. The van der Waals surface area contributed by atoms with Gasteiger partial charge < -0.3 is 14.8 Å². The van der Waals surface area contributed by atoms with Crippen molar-refractivity contribution < 1.29 is 23.9 Å². The number of hydrogen-bond acceptors (Lipinski definition) is 8. The number of rotatable bonds is 8. The third-order valence-corrected chi connectivity index (χ3v) is 5.64. The summed E-state index contributed by atoms with van der Waals surface area (Å²) in [6.07, 6.45) is 0. The van der Waals surface area contributed by atoms with Crippen LogP contribution in [0.25, 0.3) is 0 Å². The molecule has 3 amide bonds. The number of hydrogen-bond donors (Lipinski definition) is 2. The molecule has 0 unspecified atom stereocenters. The standard InChI is InChI=1S/C21H19N3O5S2/c1-28-16-8-6-14(7-9-16)23-21(27)24-19(25)10-29-20(26)17-4-2-3-5-18(17)31-12-15-11-30-13-22-15/h2-9,11,13H,10,12H2,1H3,(H2,23,24,25,27). The van der Waals surface area contributed by atoms with Crippen LogP contribution in [-0.4, -0.2) is 36.6 Å². The van der Waals surface area contributed by atoms with Gasteiger partial charge in [0, 0.05) is 21.7 Å². The molecule has 0 saturated carbocycles. The molecule has 0 radical (unpaired) electrons. The minimum absolute atomic E-state index is 0.346. The molecule has 3 rings (SSSR count). The number of anilines is 1. The van der Waals surface area contributed by atoms with Crippen molar-refractivity contribution >= 4 is 46.7 Å². The molecule has 0 spiro atoms.